The van der Waals surface area contributed by atoms with Gasteiger partial charge in [0, 0.05) is 61.7 Å². The third kappa shape index (κ3) is 2.50. The lowest BCUT2D eigenvalue weighted by Crippen LogP contribution is -2.46. The minimum atomic E-state index is -0.0767. The van der Waals surface area contributed by atoms with Crippen LogP contribution in [-0.2, 0) is 13.1 Å². The number of hydrogen-bond acceptors (Lipinski definition) is 4. The predicted octanol–water partition coefficient (Wildman–Crippen LogP) is 1.11. The Morgan fingerprint density at radius 1 is 1.15 bits per heavy atom. The molecule has 2 aliphatic rings. The van der Waals surface area contributed by atoms with Gasteiger partial charge in [0.25, 0.3) is 11.1 Å². The highest BCUT2D eigenvalue weighted by Crippen LogP contribution is 2.35. The molecule has 2 atom stereocenters. The molecule has 1 N–H and O–H groups in total. The van der Waals surface area contributed by atoms with Crippen LogP contribution in [0.3, 0.4) is 0 Å². The zero-order chi connectivity index (χ0) is 17.8. The Hall–Kier alpha value is -2.67. The smallest absolute Gasteiger partial charge is 0.272 e. The fourth-order valence-corrected chi connectivity index (χ4v) is 4.60. The monoisotopic (exact) mass is 351 g/mol. The second kappa shape index (κ2) is 5.67. The Labute approximate surface area is 149 Å². The van der Waals surface area contributed by atoms with Crippen LogP contribution in [0, 0.1) is 12.8 Å². The van der Waals surface area contributed by atoms with Crippen molar-refractivity contribution >= 4 is 5.65 Å². The standard InChI is InChI=1S/C19H21N5O2/c1-12-5-17-20-15(7-19(26)24(17)21-12)11-22-8-13-6-14(10-22)16-3-2-4-18(25)23(16)9-13/h2-5,7,13-14,21H,6,8-11H2,1H3. The summed E-state index contributed by atoms with van der Waals surface area (Å²) >= 11 is 0. The third-order valence-corrected chi connectivity index (χ3v) is 5.57. The van der Waals surface area contributed by atoms with E-state index in [0.29, 0.717) is 24.0 Å². The van der Waals surface area contributed by atoms with Crippen LogP contribution in [-0.4, -0.2) is 37.2 Å². The first-order chi connectivity index (χ1) is 12.6. The minimum absolute atomic E-state index is 0.0767. The maximum Gasteiger partial charge on any atom is 0.272 e. The van der Waals surface area contributed by atoms with Gasteiger partial charge in [-0.2, -0.15) is 0 Å². The number of aromatic nitrogens is 4. The number of H-pyrrole nitrogens is 1. The fourth-order valence-electron chi connectivity index (χ4n) is 4.60. The molecule has 0 amide bonds. The summed E-state index contributed by atoms with van der Waals surface area (Å²) in [4.78, 5) is 31.4. The van der Waals surface area contributed by atoms with Gasteiger partial charge in [0.15, 0.2) is 5.65 Å². The number of nitrogens with one attached hydrogen (secondary N) is 1. The lowest BCUT2D eigenvalue weighted by atomic mass is 9.83. The lowest BCUT2D eigenvalue weighted by molar-refractivity contribution is 0.113. The van der Waals surface area contributed by atoms with E-state index in [0.717, 1.165) is 43.1 Å². The molecule has 5 rings (SSSR count). The highest BCUT2D eigenvalue weighted by atomic mass is 16.1. The van der Waals surface area contributed by atoms with E-state index in [9.17, 15) is 9.59 Å². The van der Waals surface area contributed by atoms with Gasteiger partial charge in [0.1, 0.15) is 0 Å². The molecule has 2 unspecified atom stereocenters. The maximum atomic E-state index is 12.3. The highest BCUT2D eigenvalue weighted by molar-refractivity contribution is 5.39. The molecule has 2 aliphatic heterocycles. The molecule has 0 aromatic carbocycles. The van der Waals surface area contributed by atoms with Crippen LogP contribution in [0.4, 0.5) is 0 Å². The number of rotatable bonds is 2. The molecule has 1 fully saturated rings. The Morgan fingerprint density at radius 3 is 2.92 bits per heavy atom. The first-order valence-corrected chi connectivity index (χ1v) is 9.07. The summed E-state index contributed by atoms with van der Waals surface area (Å²) in [5, 5.41) is 3.00. The second-order valence-electron chi connectivity index (χ2n) is 7.61. The van der Waals surface area contributed by atoms with Gasteiger partial charge in [-0.1, -0.05) is 6.07 Å². The number of hydrogen-bond donors (Lipinski definition) is 1. The van der Waals surface area contributed by atoms with E-state index in [-0.39, 0.29) is 11.1 Å². The van der Waals surface area contributed by atoms with Crippen molar-refractivity contribution in [1.82, 2.24) is 24.1 Å². The van der Waals surface area contributed by atoms with Crippen molar-refractivity contribution in [2.24, 2.45) is 5.92 Å². The summed E-state index contributed by atoms with van der Waals surface area (Å²) in [5.74, 6) is 0.844. The quantitative estimate of drug-likeness (QED) is 0.751. The van der Waals surface area contributed by atoms with E-state index in [2.05, 4.69) is 21.0 Å². The average molecular weight is 351 g/mol. The van der Waals surface area contributed by atoms with E-state index in [4.69, 9.17) is 0 Å². The summed E-state index contributed by atoms with van der Waals surface area (Å²) in [7, 11) is 0. The summed E-state index contributed by atoms with van der Waals surface area (Å²) in [6.45, 7) is 5.20. The molecule has 3 aromatic heterocycles. The number of likely N-dealkylation sites (tertiary alicyclic amines) is 1. The number of fused-ring (bicyclic) bond motifs is 5. The SMILES string of the molecule is Cc1cc2nc(CN3CC4CC(C3)c3cccc(=O)n3C4)cc(=O)n2[nH]1. The first-order valence-electron chi connectivity index (χ1n) is 9.07. The Balaban J connectivity index is 1.43. The molecular formula is C19H21N5O2. The molecule has 0 spiro atoms. The molecule has 7 heteroatoms. The zero-order valence-electron chi connectivity index (χ0n) is 14.7. The first kappa shape index (κ1) is 15.6. The topological polar surface area (TPSA) is 75.4 Å². The molecule has 1 saturated heterocycles. The number of aryl methyl sites for hydroxylation is 1. The summed E-state index contributed by atoms with van der Waals surface area (Å²) in [6, 6.07) is 9.08. The Morgan fingerprint density at radius 2 is 2.04 bits per heavy atom. The van der Waals surface area contributed by atoms with E-state index in [1.807, 2.05) is 23.6 Å². The van der Waals surface area contributed by atoms with Gasteiger partial charge in [-0.05, 0) is 25.3 Å². The Bertz CT molecular complexity index is 1110. The summed E-state index contributed by atoms with van der Waals surface area (Å²) in [6.07, 6.45) is 1.13. The molecule has 7 nitrogen and oxygen atoms in total. The number of aromatic amines is 1. The van der Waals surface area contributed by atoms with Crippen LogP contribution in [0.1, 0.15) is 29.4 Å². The molecule has 3 aromatic rings. The molecule has 2 bridgehead atoms. The number of pyridine rings is 1. The minimum Gasteiger partial charge on any atom is -0.312 e. The third-order valence-electron chi connectivity index (χ3n) is 5.57. The van der Waals surface area contributed by atoms with Crippen LogP contribution >= 0.6 is 0 Å². The molecule has 0 radical (unpaired) electrons. The average Bonchev–Trinajstić information content (AvgIpc) is 2.97. The molecule has 26 heavy (non-hydrogen) atoms. The summed E-state index contributed by atoms with van der Waals surface area (Å²) < 4.78 is 3.42. The van der Waals surface area contributed by atoms with Crippen molar-refractivity contribution in [3.05, 3.63) is 68.1 Å². The van der Waals surface area contributed by atoms with Gasteiger partial charge >= 0.3 is 0 Å². The molecule has 134 valence electrons. The largest absolute Gasteiger partial charge is 0.312 e. The Kier molecular flexibility index (Phi) is 3.40. The molecule has 5 heterocycles. The van der Waals surface area contributed by atoms with E-state index in [1.165, 1.54) is 4.52 Å². The van der Waals surface area contributed by atoms with Crippen LogP contribution < -0.4 is 11.1 Å². The van der Waals surface area contributed by atoms with Crippen LogP contribution in [0.5, 0.6) is 0 Å². The number of piperidine rings is 1. The van der Waals surface area contributed by atoms with Crippen molar-refractivity contribution < 1.29 is 0 Å². The normalized spacial score (nSPS) is 22.5. The zero-order valence-corrected chi connectivity index (χ0v) is 14.7. The van der Waals surface area contributed by atoms with E-state index >= 15 is 0 Å². The van der Waals surface area contributed by atoms with Crippen molar-refractivity contribution in [2.45, 2.75) is 32.4 Å². The second-order valence-corrected chi connectivity index (χ2v) is 7.61. The van der Waals surface area contributed by atoms with Gasteiger partial charge in [0.2, 0.25) is 0 Å². The van der Waals surface area contributed by atoms with E-state index < -0.39 is 0 Å². The lowest BCUT2D eigenvalue weighted by Gasteiger charge is -2.42. The number of nitrogens with zero attached hydrogens (tertiary/aromatic N) is 4. The fraction of sp³-hybridized carbons (Fsp3) is 0.421. The highest BCUT2D eigenvalue weighted by Gasteiger charge is 2.34. The molecule has 0 aliphatic carbocycles. The van der Waals surface area contributed by atoms with Crippen molar-refractivity contribution in [3.63, 3.8) is 0 Å². The van der Waals surface area contributed by atoms with Crippen LogP contribution in [0.15, 0.2) is 39.9 Å². The van der Waals surface area contributed by atoms with Crippen molar-refractivity contribution in [1.29, 1.82) is 0 Å². The molecular weight excluding hydrogens is 330 g/mol. The predicted molar refractivity (Wildman–Crippen MR) is 97.4 cm³/mol. The maximum absolute atomic E-state index is 12.3. The molecule has 0 saturated carbocycles. The van der Waals surface area contributed by atoms with Gasteiger partial charge in [-0.25, -0.2) is 9.50 Å². The van der Waals surface area contributed by atoms with Crippen LogP contribution in [0.25, 0.3) is 5.65 Å². The van der Waals surface area contributed by atoms with Gasteiger partial charge in [0.05, 0.1) is 5.69 Å². The van der Waals surface area contributed by atoms with Crippen molar-refractivity contribution in [3.8, 4) is 0 Å². The van der Waals surface area contributed by atoms with Gasteiger partial charge < -0.3 is 4.57 Å². The summed E-state index contributed by atoms with van der Waals surface area (Å²) in [5.41, 5.74) is 3.56. The van der Waals surface area contributed by atoms with E-state index in [1.54, 1.807) is 12.1 Å². The van der Waals surface area contributed by atoms with Gasteiger partial charge in [-0.15, -0.1) is 0 Å². The van der Waals surface area contributed by atoms with Gasteiger partial charge in [-0.3, -0.25) is 19.6 Å². The van der Waals surface area contributed by atoms with Crippen molar-refractivity contribution in [2.75, 3.05) is 13.1 Å². The van der Waals surface area contributed by atoms with Crippen LogP contribution in [0.2, 0.25) is 0 Å².